The Hall–Kier alpha value is -3.32. The fraction of sp³-hybridized carbons (Fsp3) is 0.448. The van der Waals surface area contributed by atoms with E-state index in [9.17, 15) is 4.79 Å². The first-order chi connectivity index (χ1) is 17.4. The number of nitrogens with one attached hydrogen (secondary N) is 1. The highest BCUT2D eigenvalue weighted by Crippen LogP contribution is 2.30. The van der Waals surface area contributed by atoms with E-state index in [4.69, 9.17) is 5.10 Å². The van der Waals surface area contributed by atoms with Gasteiger partial charge in [-0.05, 0) is 56.1 Å². The molecule has 4 rings (SSSR count). The van der Waals surface area contributed by atoms with Gasteiger partial charge < -0.3 is 20.0 Å². The number of aromatic nitrogens is 2. The van der Waals surface area contributed by atoms with Crippen molar-refractivity contribution < 1.29 is 4.79 Å². The summed E-state index contributed by atoms with van der Waals surface area (Å²) in [6, 6.07) is 18.2. The molecule has 7 heteroatoms. The van der Waals surface area contributed by atoms with Gasteiger partial charge in [-0.15, -0.1) is 0 Å². The Kier molecular flexibility index (Phi) is 8.31. The monoisotopic (exact) mass is 488 g/mol. The number of benzene rings is 2. The minimum absolute atomic E-state index is 0.0806. The summed E-state index contributed by atoms with van der Waals surface area (Å²) >= 11 is 0. The lowest BCUT2D eigenvalue weighted by Crippen LogP contribution is -2.47. The molecule has 3 aromatic rings. The van der Waals surface area contributed by atoms with Crippen LogP contribution in [0, 0.1) is 19.8 Å². The Balaban J connectivity index is 1.68. The van der Waals surface area contributed by atoms with E-state index >= 15 is 0 Å². The van der Waals surface area contributed by atoms with Crippen LogP contribution in [-0.2, 0) is 6.54 Å². The fourth-order valence-electron chi connectivity index (χ4n) is 4.86. The van der Waals surface area contributed by atoms with E-state index in [0.29, 0.717) is 19.0 Å². The smallest absolute Gasteiger partial charge is 0.322 e. The third-order valence-electron chi connectivity index (χ3n) is 6.77. The van der Waals surface area contributed by atoms with Crippen LogP contribution in [-0.4, -0.2) is 64.9 Å². The second-order valence-corrected chi connectivity index (χ2v) is 10.1. The lowest BCUT2D eigenvalue weighted by molar-refractivity contribution is 0.201. The Morgan fingerprint density at radius 1 is 1.03 bits per heavy atom. The normalized spacial score (nSPS) is 14.3. The minimum atomic E-state index is -0.0806. The summed E-state index contributed by atoms with van der Waals surface area (Å²) < 4.78 is 2.07. The standard InChI is InChI=1S/C29H40N6O/c1-6-32-15-17-33(18-16-32)28-27(24(5)31-35(28)26-13-8-7-9-14-26)21-34(20-22(2)3)29(36)30-25-12-10-11-23(4)19-25/h7-14,19,22H,6,15-18,20-21H2,1-5H3,(H,30,36). The molecule has 36 heavy (non-hydrogen) atoms. The molecule has 0 aliphatic carbocycles. The molecule has 1 saturated heterocycles. The third-order valence-corrected chi connectivity index (χ3v) is 6.77. The number of nitrogens with zero attached hydrogens (tertiary/aromatic N) is 5. The van der Waals surface area contributed by atoms with Gasteiger partial charge in [0.2, 0.25) is 0 Å². The first-order valence-corrected chi connectivity index (χ1v) is 13.1. The minimum Gasteiger partial charge on any atom is -0.354 e. The first-order valence-electron chi connectivity index (χ1n) is 13.1. The predicted octanol–water partition coefficient (Wildman–Crippen LogP) is 5.32. The Morgan fingerprint density at radius 3 is 2.39 bits per heavy atom. The maximum Gasteiger partial charge on any atom is 0.322 e. The summed E-state index contributed by atoms with van der Waals surface area (Å²) in [6.07, 6.45) is 0. The van der Waals surface area contributed by atoms with Crippen molar-refractivity contribution in [1.82, 2.24) is 19.6 Å². The van der Waals surface area contributed by atoms with E-state index in [1.165, 1.54) is 0 Å². The van der Waals surface area contributed by atoms with Gasteiger partial charge in [0.1, 0.15) is 5.82 Å². The number of hydrogen-bond acceptors (Lipinski definition) is 4. The largest absolute Gasteiger partial charge is 0.354 e. The van der Waals surface area contributed by atoms with Crippen LogP contribution in [0.2, 0.25) is 0 Å². The molecule has 0 bridgehead atoms. The third kappa shape index (κ3) is 6.08. The number of amides is 2. The summed E-state index contributed by atoms with van der Waals surface area (Å²) in [6.45, 7) is 16.8. The topological polar surface area (TPSA) is 56.6 Å². The van der Waals surface area contributed by atoms with Gasteiger partial charge in [0.05, 0.1) is 17.9 Å². The van der Waals surface area contributed by atoms with Crippen LogP contribution in [0.1, 0.15) is 37.6 Å². The van der Waals surface area contributed by atoms with Gasteiger partial charge in [0.25, 0.3) is 0 Å². The molecule has 1 fully saturated rings. The number of hydrogen-bond donors (Lipinski definition) is 1. The SMILES string of the molecule is CCN1CCN(c2c(CN(CC(C)C)C(=O)Nc3cccc(C)c3)c(C)nn2-c2ccccc2)CC1. The van der Waals surface area contributed by atoms with Crippen LogP contribution in [0.15, 0.2) is 54.6 Å². The Morgan fingerprint density at radius 2 is 1.75 bits per heavy atom. The summed E-state index contributed by atoms with van der Waals surface area (Å²) in [5, 5.41) is 8.10. The van der Waals surface area contributed by atoms with Gasteiger partial charge in [-0.1, -0.05) is 51.1 Å². The van der Waals surface area contributed by atoms with Crippen molar-refractivity contribution in [1.29, 1.82) is 0 Å². The van der Waals surface area contributed by atoms with E-state index in [2.05, 4.69) is 59.6 Å². The van der Waals surface area contributed by atoms with Crippen LogP contribution in [0.3, 0.4) is 0 Å². The highest BCUT2D eigenvalue weighted by molar-refractivity contribution is 5.89. The number of aryl methyl sites for hydroxylation is 2. The zero-order chi connectivity index (χ0) is 25.7. The summed E-state index contributed by atoms with van der Waals surface area (Å²) in [5.74, 6) is 1.45. The van der Waals surface area contributed by atoms with Crippen LogP contribution >= 0.6 is 0 Å². The highest BCUT2D eigenvalue weighted by atomic mass is 16.2. The van der Waals surface area contributed by atoms with E-state index < -0.39 is 0 Å². The number of rotatable bonds is 8. The summed E-state index contributed by atoms with van der Waals surface area (Å²) in [7, 11) is 0. The van der Waals surface area contributed by atoms with Crippen LogP contribution in [0.25, 0.3) is 5.69 Å². The number of urea groups is 1. The number of likely N-dealkylation sites (N-methyl/N-ethyl adjacent to an activating group) is 1. The van der Waals surface area contributed by atoms with Gasteiger partial charge in [0, 0.05) is 44.0 Å². The predicted molar refractivity (Wildman–Crippen MR) is 148 cm³/mol. The molecule has 7 nitrogen and oxygen atoms in total. The molecule has 0 saturated carbocycles. The fourth-order valence-corrected chi connectivity index (χ4v) is 4.86. The van der Waals surface area contributed by atoms with Crippen molar-refractivity contribution >= 4 is 17.5 Å². The van der Waals surface area contributed by atoms with Crippen molar-refractivity contribution in [3.05, 3.63) is 71.4 Å². The molecular formula is C29H40N6O. The number of anilines is 2. The second kappa shape index (κ2) is 11.6. The molecule has 192 valence electrons. The highest BCUT2D eigenvalue weighted by Gasteiger charge is 2.28. The van der Waals surface area contributed by atoms with Crippen LogP contribution < -0.4 is 10.2 Å². The first kappa shape index (κ1) is 25.8. The van der Waals surface area contributed by atoms with Gasteiger partial charge in [-0.25, -0.2) is 9.48 Å². The van der Waals surface area contributed by atoms with Gasteiger partial charge in [0.15, 0.2) is 0 Å². The van der Waals surface area contributed by atoms with E-state index in [-0.39, 0.29) is 6.03 Å². The summed E-state index contributed by atoms with van der Waals surface area (Å²) in [4.78, 5) is 20.3. The van der Waals surface area contributed by atoms with Crippen LogP contribution in [0.5, 0.6) is 0 Å². The van der Waals surface area contributed by atoms with Crippen molar-refractivity contribution in [2.75, 3.05) is 49.5 Å². The molecule has 1 aliphatic rings. The molecule has 1 aliphatic heterocycles. The maximum atomic E-state index is 13.5. The average molecular weight is 489 g/mol. The average Bonchev–Trinajstić information content (AvgIpc) is 3.19. The van der Waals surface area contributed by atoms with E-state index in [1.807, 2.05) is 54.3 Å². The zero-order valence-electron chi connectivity index (χ0n) is 22.4. The summed E-state index contributed by atoms with van der Waals surface area (Å²) in [5.41, 5.74) is 5.06. The molecule has 0 radical (unpaired) electrons. The molecule has 1 aromatic heterocycles. The van der Waals surface area contributed by atoms with E-state index in [0.717, 1.165) is 66.7 Å². The Bertz CT molecular complexity index is 1150. The molecule has 0 spiro atoms. The maximum absolute atomic E-state index is 13.5. The van der Waals surface area contributed by atoms with Crippen molar-refractivity contribution in [2.24, 2.45) is 5.92 Å². The molecule has 2 amide bonds. The van der Waals surface area contributed by atoms with Gasteiger partial charge >= 0.3 is 6.03 Å². The van der Waals surface area contributed by atoms with Gasteiger partial charge in [-0.2, -0.15) is 5.10 Å². The molecule has 0 atom stereocenters. The molecule has 0 unspecified atom stereocenters. The van der Waals surface area contributed by atoms with Crippen LogP contribution in [0.4, 0.5) is 16.3 Å². The zero-order valence-corrected chi connectivity index (χ0v) is 22.4. The number of piperazine rings is 1. The lowest BCUT2D eigenvalue weighted by Gasteiger charge is -2.36. The Labute approximate surface area is 215 Å². The molecule has 1 N–H and O–H groups in total. The lowest BCUT2D eigenvalue weighted by atomic mass is 10.1. The molecule has 2 heterocycles. The quantitative estimate of drug-likeness (QED) is 0.466. The van der Waals surface area contributed by atoms with Gasteiger partial charge in [-0.3, -0.25) is 0 Å². The van der Waals surface area contributed by atoms with Crippen molar-refractivity contribution in [2.45, 2.75) is 41.2 Å². The molecule has 2 aromatic carbocycles. The van der Waals surface area contributed by atoms with Crippen molar-refractivity contribution in [3.63, 3.8) is 0 Å². The number of carbonyl (C=O) groups is 1. The van der Waals surface area contributed by atoms with E-state index in [1.54, 1.807) is 0 Å². The second-order valence-electron chi connectivity index (χ2n) is 10.1. The number of para-hydroxylation sites is 1. The molecular weight excluding hydrogens is 448 g/mol. The van der Waals surface area contributed by atoms with Crippen molar-refractivity contribution in [3.8, 4) is 5.69 Å². The number of carbonyl (C=O) groups excluding carboxylic acids is 1.